The van der Waals surface area contributed by atoms with Crippen molar-refractivity contribution in [2.24, 2.45) is 5.92 Å². The molecule has 1 heterocycles. The minimum absolute atomic E-state index is 0. The monoisotopic (exact) mass is 332 g/mol. The second-order valence-electron chi connectivity index (χ2n) is 6.07. The molecule has 1 aliphatic carbocycles. The zero-order valence-corrected chi connectivity index (χ0v) is 13.9. The highest BCUT2D eigenvalue weighted by molar-refractivity contribution is 6.31. The summed E-state index contributed by atoms with van der Waals surface area (Å²) in [5.41, 5.74) is 1.42. The van der Waals surface area contributed by atoms with Gasteiger partial charge in [-0.2, -0.15) is 0 Å². The summed E-state index contributed by atoms with van der Waals surface area (Å²) in [6, 6.07) is 3.75. The number of rotatable bonds is 4. The summed E-state index contributed by atoms with van der Waals surface area (Å²) in [7, 11) is 0. The van der Waals surface area contributed by atoms with Crippen LogP contribution in [-0.4, -0.2) is 31.1 Å². The van der Waals surface area contributed by atoms with Gasteiger partial charge in [-0.25, -0.2) is 4.39 Å². The molecular weight excluding hydrogens is 310 g/mol. The predicted molar refractivity (Wildman–Crippen MR) is 87.9 cm³/mol. The third-order valence-electron chi connectivity index (χ3n) is 4.50. The SMILES string of the molecule is Cc1ccc(Cl)c([C@H](CC2CC2)N2CCNCC2)c1F.Cl. The largest absolute Gasteiger partial charge is 0.314 e. The smallest absolute Gasteiger partial charge is 0.132 e. The Morgan fingerprint density at radius 2 is 2.00 bits per heavy atom. The Kier molecular flexibility index (Phi) is 5.89. The van der Waals surface area contributed by atoms with E-state index in [1.54, 1.807) is 6.07 Å². The van der Waals surface area contributed by atoms with Gasteiger partial charge in [0, 0.05) is 42.8 Å². The molecule has 0 radical (unpaired) electrons. The van der Waals surface area contributed by atoms with Crippen molar-refractivity contribution in [2.45, 2.75) is 32.2 Å². The van der Waals surface area contributed by atoms with Crippen molar-refractivity contribution in [2.75, 3.05) is 26.2 Å². The van der Waals surface area contributed by atoms with E-state index >= 15 is 0 Å². The van der Waals surface area contributed by atoms with Crippen molar-refractivity contribution in [3.8, 4) is 0 Å². The van der Waals surface area contributed by atoms with Crippen molar-refractivity contribution in [1.82, 2.24) is 10.2 Å². The van der Waals surface area contributed by atoms with E-state index in [2.05, 4.69) is 10.2 Å². The lowest BCUT2D eigenvalue weighted by molar-refractivity contribution is 0.157. The number of nitrogens with one attached hydrogen (secondary N) is 1. The molecule has 0 amide bonds. The van der Waals surface area contributed by atoms with Gasteiger partial charge < -0.3 is 5.32 Å². The van der Waals surface area contributed by atoms with Crippen LogP contribution in [0.2, 0.25) is 5.02 Å². The number of piperazine rings is 1. The molecule has 21 heavy (non-hydrogen) atoms. The minimum atomic E-state index is -0.110. The van der Waals surface area contributed by atoms with E-state index in [0.717, 1.165) is 44.1 Å². The quantitative estimate of drug-likeness (QED) is 0.897. The van der Waals surface area contributed by atoms with Crippen molar-refractivity contribution in [3.05, 3.63) is 34.1 Å². The Morgan fingerprint density at radius 1 is 1.33 bits per heavy atom. The van der Waals surface area contributed by atoms with Gasteiger partial charge in [-0.05, 0) is 30.9 Å². The average molecular weight is 333 g/mol. The van der Waals surface area contributed by atoms with Crippen LogP contribution in [0.5, 0.6) is 0 Å². The van der Waals surface area contributed by atoms with E-state index in [9.17, 15) is 4.39 Å². The van der Waals surface area contributed by atoms with Crippen LogP contribution < -0.4 is 5.32 Å². The summed E-state index contributed by atoms with van der Waals surface area (Å²) in [6.45, 7) is 5.72. The molecule has 5 heteroatoms. The molecule has 0 bridgehead atoms. The lowest BCUT2D eigenvalue weighted by Crippen LogP contribution is -2.45. The Bertz CT molecular complexity index is 485. The molecular formula is C16H23Cl2FN2. The number of hydrogen-bond donors (Lipinski definition) is 1. The highest BCUT2D eigenvalue weighted by atomic mass is 35.5. The summed E-state index contributed by atoms with van der Waals surface area (Å²) in [5, 5.41) is 3.94. The molecule has 1 aliphatic heterocycles. The summed E-state index contributed by atoms with van der Waals surface area (Å²) in [4.78, 5) is 2.40. The van der Waals surface area contributed by atoms with Crippen LogP contribution in [0.4, 0.5) is 4.39 Å². The van der Waals surface area contributed by atoms with Crippen molar-refractivity contribution in [1.29, 1.82) is 0 Å². The van der Waals surface area contributed by atoms with Gasteiger partial charge in [0.2, 0.25) is 0 Å². The van der Waals surface area contributed by atoms with Crippen LogP contribution in [-0.2, 0) is 0 Å². The third kappa shape index (κ3) is 3.89. The highest BCUT2D eigenvalue weighted by Crippen LogP contribution is 2.42. The van der Waals surface area contributed by atoms with Gasteiger partial charge in [0.05, 0.1) is 0 Å². The van der Waals surface area contributed by atoms with Crippen molar-refractivity contribution in [3.63, 3.8) is 0 Å². The zero-order valence-electron chi connectivity index (χ0n) is 12.4. The number of nitrogens with zero attached hydrogens (tertiary/aromatic N) is 1. The second kappa shape index (κ2) is 7.28. The second-order valence-corrected chi connectivity index (χ2v) is 6.48. The maximum atomic E-state index is 14.6. The van der Waals surface area contributed by atoms with E-state index in [0.29, 0.717) is 10.6 Å². The first kappa shape index (κ1) is 17.0. The topological polar surface area (TPSA) is 15.3 Å². The maximum absolute atomic E-state index is 14.6. The van der Waals surface area contributed by atoms with Crippen molar-refractivity contribution >= 4 is 24.0 Å². The van der Waals surface area contributed by atoms with Gasteiger partial charge in [0.25, 0.3) is 0 Å². The van der Waals surface area contributed by atoms with Crippen LogP contribution in [0.3, 0.4) is 0 Å². The van der Waals surface area contributed by atoms with Crippen LogP contribution in [0, 0.1) is 18.7 Å². The number of aryl methyl sites for hydroxylation is 1. The van der Waals surface area contributed by atoms with Gasteiger partial charge in [-0.1, -0.05) is 30.5 Å². The maximum Gasteiger partial charge on any atom is 0.132 e. The Hall–Kier alpha value is -0.350. The van der Waals surface area contributed by atoms with Crippen molar-refractivity contribution < 1.29 is 4.39 Å². The van der Waals surface area contributed by atoms with Crippen LogP contribution in [0.25, 0.3) is 0 Å². The minimum Gasteiger partial charge on any atom is -0.314 e. The normalized spacial score (nSPS) is 20.9. The Morgan fingerprint density at radius 3 is 2.62 bits per heavy atom. The van der Waals surface area contributed by atoms with E-state index in [1.165, 1.54) is 12.8 Å². The van der Waals surface area contributed by atoms with Gasteiger partial charge in [-0.15, -0.1) is 12.4 Å². The molecule has 118 valence electrons. The van der Waals surface area contributed by atoms with Gasteiger partial charge in [-0.3, -0.25) is 4.90 Å². The molecule has 1 aromatic rings. The van der Waals surface area contributed by atoms with E-state index < -0.39 is 0 Å². The van der Waals surface area contributed by atoms with Gasteiger partial charge >= 0.3 is 0 Å². The molecule has 2 fully saturated rings. The first-order valence-electron chi connectivity index (χ1n) is 7.56. The van der Waals surface area contributed by atoms with Crippen LogP contribution in [0.15, 0.2) is 12.1 Å². The molecule has 1 atom stereocenters. The summed E-state index contributed by atoms with van der Waals surface area (Å²) in [5.74, 6) is 0.646. The van der Waals surface area contributed by atoms with E-state index in [-0.39, 0.29) is 24.3 Å². The first-order chi connectivity index (χ1) is 9.66. The van der Waals surface area contributed by atoms with E-state index in [4.69, 9.17) is 11.6 Å². The Balaban J connectivity index is 0.00000161. The third-order valence-corrected chi connectivity index (χ3v) is 4.83. The number of hydrogen-bond acceptors (Lipinski definition) is 2. The summed E-state index contributed by atoms with van der Waals surface area (Å²) < 4.78 is 14.6. The number of benzene rings is 1. The molecule has 0 aromatic heterocycles. The summed E-state index contributed by atoms with van der Waals surface area (Å²) in [6.07, 6.45) is 3.61. The van der Waals surface area contributed by atoms with Crippen LogP contribution in [0.1, 0.15) is 36.4 Å². The molecule has 0 spiro atoms. The molecule has 1 saturated carbocycles. The van der Waals surface area contributed by atoms with Gasteiger partial charge in [0.1, 0.15) is 5.82 Å². The molecule has 2 aliphatic rings. The lowest BCUT2D eigenvalue weighted by atomic mass is 9.96. The van der Waals surface area contributed by atoms with Gasteiger partial charge in [0.15, 0.2) is 0 Å². The summed E-state index contributed by atoms with van der Waals surface area (Å²) >= 11 is 6.34. The molecule has 0 unspecified atom stereocenters. The first-order valence-corrected chi connectivity index (χ1v) is 7.94. The zero-order chi connectivity index (χ0) is 14.1. The highest BCUT2D eigenvalue weighted by Gasteiger charge is 2.33. The Labute approximate surface area is 137 Å². The fourth-order valence-electron chi connectivity index (χ4n) is 3.10. The molecule has 3 rings (SSSR count). The molecule has 1 saturated heterocycles. The average Bonchev–Trinajstić information content (AvgIpc) is 3.27. The fraction of sp³-hybridized carbons (Fsp3) is 0.625. The predicted octanol–water partition coefficient (Wildman–Crippen LogP) is 3.96. The van der Waals surface area contributed by atoms with Crippen LogP contribution >= 0.6 is 24.0 Å². The molecule has 2 nitrogen and oxygen atoms in total. The number of halogens is 3. The standard InChI is InChI=1S/C16H22ClFN2.ClH/c1-11-2-5-13(17)15(16(11)18)14(10-12-3-4-12)20-8-6-19-7-9-20;/h2,5,12,14,19H,3-4,6-10H2,1H3;1H/t14-;/m0./s1. The van der Waals surface area contributed by atoms with E-state index in [1.807, 2.05) is 13.0 Å². The lowest BCUT2D eigenvalue weighted by Gasteiger charge is -2.36. The molecule has 1 N–H and O–H groups in total. The fourth-order valence-corrected chi connectivity index (χ4v) is 3.37. The molecule has 1 aromatic carbocycles.